The molecule has 0 radical (unpaired) electrons. The maximum Gasteiger partial charge on any atom is 0.316 e. The van der Waals surface area contributed by atoms with Crippen LogP contribution in [0.3, 0.4) is 0 Å². The van der Waals surface area contributed by atoms with Crippen molar-refractivity contribution in [1.82, 2.24) is 15.3 Å². The number of morpholine rings is 1. The fourth-order valence-corrected chi connectivity index (χ4v) is 2.68. The topological polar surface area (TPSA) is 56.3 Å². The van der Waals surface area contributed by atoms with Crippen molar-refractivity contribution in [2.75, 3.05) is 19.8 Å². The second-order valence-corrected chi connectivity index (χ2v) is 4.58. The molecule has 0 unspecified atom stereocenters. The number of nitrogens with one attached hydrogen (secondary N) is 1. The molecule has 0 amide bonds. The van der Waals surface area contributed by atoms with Crippen LogP contribution in [0.25, 0.3) is 0 Å². The third kappa shape index (κ3) is 2.40. The molecule has 2 aliphatic rings. The van der Waals surface area contributed by atoms with Crippen LogP contribution < -0.4 is 10.1 Å². The molecule has 92 valence electrons. The molecule has 1 aliphatic heterocycles. The zero-order valence-electron chi connectivity index (χ0n) is 9.71. The standard InChI is InChI=1S/C12H17N3O2/c1-4-14-12(15-5-1)17-8-9-2-3-10-11(9)16-7-6-13-10/h1,4-5,9-11,13H,2-3,6-8H2/t9-,10-,11+/m0/s1. The number of rotatable bonds is 3. The van der Waals surface area contributed by atoms with Gasteiger partial charge in [-0.3, -0.25) is 0 Å². The van der Waals surface area contributed by atoms with Crippen LogP contribution in [0.5, 0.6) is 6.01 Å². The molecule has 2 heterocycles. The molecule has 3 atom stereocenters. The highest BCUT2D eigenvalue weighted by atomic mass is 16.5. The fraction of sp³-hybridized carbons (Fsp3) is 0.667. The van der Waals surface area contributed by atoms with Gasteiger partial charge in [0, 0.05) is 30.9 Å². The van der Waals surface area contributed by atoms with E-state index in [1.54, 1.807) is 18.5 Å². The molecule has 1 aromatic heterocycles. The highest BCUT2D eigenvalue weighted by Crippen LogP contribution is 2.30. The van der Waals surface area contributed by atoms with Crippen molar-refractivity contribution in [2.24, 2.45) is 5.92 Å². The van der Waals surface area contributed by atoms with E-state index in [0.29, 0.717) is 30.7 Å². The SMILES string of the molecule is c1cnc(OC[C@@H]2CC[C@@H]3NCCO[C@H]23)nc1. The first-order valence-corrected chi connectivity index (χ1v) is 6.18. The van der Waals surface area contributed by atoms with Gasteiger partial charge < -0.3 is 14.8 Å². The summed E-state index contributed by atoms with van der Waals surface area (Å²) in [6, 6.07) is 2.75. The van der Waals surface area contributed by atoms with Crippen LogP contribution in [0.1, 0.15) is 12.8 Å². The maximum atomic E-state index is 5.82. The predicted molar refractivity (Wildman–Crippen MR) is 61.8 cm³/mol. The number of hydrogen-bond donors (Lipinski definition) is 1. The summed E-state index contributed by atoms with van der Waals surface area (Å²) in [7, 11) is 0. The lowest BCUT2D eigenvalue weighted by molar-refractivity contribution is -0.0247. The van der Waals surface area contributed by atoms with Crippen LogP contribution in [-0.4, -0.2) is 41.9 Å². The minimum atomic E-state index is 0.299. The molecular formula is C12H17N3O2. The van der Waals surface area contributed by atoms with Gasteiger partial charge >= 0.3 is 6.01 Å². The summed E-state index contributed by atoms with van der Waals surface area (Å²) in [5.41, 5.74) is 0. The average molecular weight is 235 g/mol. The first kappa shape index (κ1) is 10.9. The minimum absolute atomic E-state index is 0.299. The van der Waals surface area contributed by atoms with Gasteiger partial charge in [0.15, 0.2) is 0 Å². The summed E-state index contributed by atoms with van der Waals surface area (Å²) in [4.78, 5) is 8.11. The van der Waals surface area contributed by atoms with Crippen LogP contribution in [0.4, 0.5) is 0 Å². The first-order valence-electron chi connectivity index (χ1n) is 6.18. The molecule has 5 heteroatoms. The molecular weight excluding hydrogens is 218 g/mol. The second kappa shape index (κ2) is 4.98. The average Bonchev–Trinajstić information content (AvgIpc) is 2.81. The predicted octanol–water partition coefficient (Wildman–Crippen LogP) is 0.622. The van der Waals surface area contributed by atoms with E-state index in [1.807, 2.05) is 0 Å². The lowest BCUT2D eigenvalue weighted by Gasteiger charge is -2.30. The zero-order chi connectivity index (χ0) is 11.5. The van der Waals surface area contributed by atoms with Gasteiger partial charge in [0.2, 0.25) is 0 Å². The monoisotopic (exact) mass is 235 g/mol. The summed E-state index contributed by atoms with van der Waals surface area (Å²) >= 11 is 0. The largest absolute Gasteiger partial charge is 0.463 e. The molecule has 1 aromatic rings. The first-order chi connectivity index (χ1) is 8.43. The molecule has 1 saturated heterocycles. The third-order valence-corrected chi connectivity index (χ3v) is 3.50. The Morgan fingerprint density at radius 2 is 2.24 bits per heavy atom. The number of aromatic nitrogens is 2. The zero-order valence-corrected chi connectivity index (χ0v) is 9.71. The molecule has 3 rings (SSSR count). The molecule has 0 aromatic carbocycles. The quantitative estimate of drug-likeness (QED) is 0.832. The highest BCUT2D eigenvalue weighted by molar-refractivity contribution is 4.96. The third-order valence-electron chi connectivity index (χ3n) is 3.50. The summed E-state index contributed by atoms with van der Waals surface area (Å²) < 4.78 is 11.4. The molecule has 1 aliphatic carbocycles. The van der Waals surface area contributed by atoms with Gasteiger partial charge in [-0.2, -0.15) is 0 Å². The van der Waals surface area contributed by atoms with E-state index in [4.69, 9.17) is 9.47 Å². The Kier molecular flexibility index (Phi) is 3.20. The Hall–Kier alpha value is -1.20. The minimum Gasteiger partial charge on any atom is -0.463 e. The van der Waals surface area contributed by atoms with Gasteiger partial charge in [0.25, 0.3) is 0 Å². The summed E-state index contributed by atoms with van der Waals surface area (Å²) in [6.07, 6.45) is 6.01. The Morgan fingerprint density at radius 1 is 1.35 bits per heavy atom. The van der Waals surface area contributed by atoms with E-state index in [1.165, 1.54) is 6.42 Å². The van der Waals surface area contributed by atoms with Crippen molar-refractivity contribution in [1.29, 1.82) is 0 Å². The van der Waals surface area contributed by atoms with Crippen molar-refractivity contribution in [3.63, 3.8) is 0 Å². The van der Waals surface area contributed by atoms with Crippen LogP contribution >= 0.6 is 0 Å². The van der Waals surface area contributed by atoms with Crippen LogP contribution in [0.15, 0.2) is 18.5 Å². The van der Waals surface area contributed by atoms with Gasteiger partial charge in [0.05, 0.1) is 19.3 Å². The van der Waals surface area contributed by atoms with Crippen molar-refractivity contribution in [2.45, 2.75) is 25.0 Å². The number of hydrogen-bond acceptors (Lipinski definition) is 5. The number of nitrogens with zero attached hydrogens (tertiary/aromatic N) is 2. The maximum absolute atomic E-state index is 5.82. The lowest BCUT2D eigenvalue weighted by atomic mass is 10.1. The lowest BCUT2D eigenvalue weighted by Crippen LogP contribution is -2.47. The normalized spacial score (nSPS) is 32.1. The molecule has 17 heavy (non-hydrogen) atoms. The summed E-state index contributed by atoms with van der Waals surface area (Å²) in [6.45, 7) is 2.42. The van der Waals surface area contributed by atoms with Crippen LogP contribution in [0.2, 0.25) is 0 Å². The van der Waals surface area contributed by atoms with Crippen LogP contribution in [0, 0.1) is 5.92 Å². The molecule has 0 spiro atoms. The van der Waals surface area contributed by atoms with E-state index < -0.39 is 0 Å². The van der Waals surface area contributed by atoms with Crippen molar-refractivity contribution < 1.29 is 9.47 Å². The summed E-state index contributed by atoms with van der Waals surface area (Å²) in [5.74, 6) is 0.455. The Morgan fingerprint density at radius 3 is 3.12 bits per heavy atom. The molecule has 1 N–H and O–H groups in total. The Balaban J connectivity index is 1.55. The van der Waals surface area contributed by atoms with Gasteiger partial charge in [-0.25, -0.2) is 9.97 Å². The molecule has 0 bridgehead atoms. The Labute approximate surface area is 101 Å². The van der Waals surface area contributed by atoms with E-state index in [9.17, 15) is 0 Å². The smallest absolute Gasteiger partial charge is 0.316 e. The molecule has 2 fully saturated rings. The van der Waals surface area contributed by atoms with Crippen LogP contribution in [-0.2, 0) is 4.74 Å². The summed E-state index contributed by atoms with van der Waals surface area (Å²) in [5, 5.41) is 3.50. The van der Waals surface area contributed by atoms with E-state index in [0.717, 1.165) is 19.6 Å². The van der Waals surface area contributed by atoms with Crippen molar-refractivity contribution in [3.05, 3.63) is 18.5 Å². The molecule has 1 saturated carbocycles. The van der Waals surface area contributed by atoms with Crippen molar-refractivity contribution in [3.8, 4) is 6.01 Å². The van der Waals surface area contributed by atoms with Gasteiger partial charge in [-0.15, -0.1) is 0 Å². The second-order valence-electron chi connectivity index (χ2n) is 4.58. The fourth-order valence-electron chi connectivity index (χ4n) is 2.68. The number of ether oxygens (including phenoxy) is 2. The van der Waals surface area contributed by atoms with Crippen molar-refractivity contribution >= 4 is 0 Å². The Bertz CT molecular complexity index is 360. The van der Waals surface area contributed by atoms with Gasteiger partial charge in [-0.1, -0.05) is 0 Å². The van der Waals surface area contributed by atoms with Gasteiger partial charge in [-0.05, 0) is 18.9 Å². The van der Waals surface area contributed by atoms with E-state index in [-0.39, 0.29) is 0 Å². The molecule has 5 nitrogen and oxygen atoms in total. The van der Waals surface area contributed by atoms with E-state index >= 15 is 0 Å². The van der Waals surface area contributed by atoms with Gasteiger partial charge in [0.1, 0.15) is 0 Å². The highest BCUT2D eigenvalue weighted by Gasteiger charge is 2.38. The van der Waals surface area contributed by atoms with E-state index in [2.05, 4.69) is 15.3 Å². The number of fused-ring (bicyclic) bond motifs is 1.